The van der Waals surface area contributed by atoms with Gasteiger partial charge in [0.05, 0.1) is 13.2 Å². The first-order valence-corrected chi connectivity index (χ1v) is 33.3. The Morgan fingerprint density at radius 2 is 0.424 bits per heavy atom. The van der Waals surface area contributed by atoms with Gasteiger partial charge in [-0.1, -0.05) is 309 Å². The van der Waals surface area contributed by atoms with Crippen molar-refractivity contribution in [3.63, 3.8) is 0 Å². The summed E-state index contributed by atoms with van der Waals surface area (Å²) in [5, 5.41) is 14.4. The van der Waals surface area contributed by atoms with E-state index in [1.165, 1.54) is 60.1 Å². The number of hydrogen-bond acceptors (Lipinski definition) is 4. The van der Waals surface area contributed by atoms with Crippen molar-refractivity contribution in [1.29, 1.82) is 0 Å². The van der Waals surface area contributed by atoms with E-state index in [1.807, 2.05) is 60.7 Å². The van der Waals surface area contributed by atoms with Crippen molar-refractivity contribution in [1.82, 2.24) is 0 Å². The average Bonchev–Trinajstić information content (AvgIpc) is 3.45. The quantitative estimate of drug-likeness (QED) is 0.0395. The van der Waals surface area contributed by atoms with E-state index in [1.54, 1.807) is 13.8 Å². The van der Waals surface area contributed by atoms with Crippen LogP contribution in [0.25, 0.3) is 0 Å². The Labute approximate surface area is 555 Å². The molecule has 0 bridgehead atoms. The van der Waals surface area contributed by atoms with Gasteiger partial charge in [-0.2, -0.15) is 0 Å². The predicted octanol–water partition coefficient (Wildman–Crippen LogP) is 13.4. The molecule has 4 nitrogen and oxygen atoms in total. The molecule has 0 unspecified atom stereocenters. The molecule has 0 heterocycles. The molecule has 0 fully saturated rings. The molecular weight excluding hydrogens is 1670 g/mol. The zero-order valence-electron chi connectivity index (χ0n) is 47.1. The summed E-state index contributed by atoms with van der Waals surface area (Å²) in [7, 11) is -3.91. The van der Waals surface area contributed by atoms with E-state index >= 15 is 0 Å². The molecule has 0 N–H and O–H groups in total. The Kier molecular flexibility index (Phi) is 32.0. The second kappa shape index (κ2) is 39.0. The Hall–Kier alpha value is -5.96. The molecule has 85 heavy (non-hydrogen) atoms. The third-order valence-corrected chi connectivity index (χ3v) is 23.6. The van der Waals surface area contributed by atoms with Crippen molar-refractivity contribution < 1.29 is 86.2 Å². The van der Waals surface area contributed by atoms with Gasteiger partial charge in [0, 0.05) is 33.0 Å². The summed E-state index contributed by atoms with van der Waals surface area (Å²) in [6, 6.07) is 116. The first-order chi connectivity index (χ1) is 40.5. The molecule has 11 rings (SSSR count). The summed E-state index contributed by atoms with van der Waals surface area (Å²) < 4.78 is 10.3. The van der Waals surface area contributed by atoms with E-state index in [0.717, 1.165) is 10.6 Å². The van der Waals surface area contributed by atoms with Gasteiger partial charge in [0.1, 0.15) is 0 Å². The van der Waals surface area contributed by atoms with Gasteiger partial charge in [-0.25, -0.2) is 0 Å². The van der Waals surface area contributed by atoms with E-state index < -0.39 is 43.0 Å². The minimum Gasteiger partial charge on any atom is -0.486 e. The summed E-state index contributed by atoms with van der Waals surface area (Å²) in [4.78, 5) is 24.6. The molecule has 11 aromatic carbocycles. The first kappa shape index (κ1) is 69.8. The topological polar surface area (TPSA) is 52.6 Å². The molecule has 0 aromatic heterocycles. The van der Waals surface area contributed by atoms with Crippen LogP contribution in [0, 0.1) is 12.3 Å². The summed E-state index contributed by atoms with van der Waals surface area (Å²) in [6.45, 7) is 4.06. The van der Waals surface area contributed by atoms with Crippen LogP contribution in [0.3, 0.4) is 0 Å². The average molecular weight is 1740 g/mol. The second-order valence-corrected chi connectivity index (χ2v) is 28.0. The van der Waals surface area contributed by atoms with E-state index in [2.05, 4.69) is 273 Å². The van der Waals surface area contributed by atoms with Gasteiger partial charge in [0.2, 0.25) is 11.9 Å². The fraction of sp³-hybridized carbons (Fsp3) is 0.0541. The maximum atomic E-state index is 12.3. The van der Waals surface area contributed by atoms with Crippen LogP contribution in [0.5, 0.6) is 0 Å². The van der Waals surface area contributed by atoms with Gasteiger partial charge >= 0.3 is 44.8 Å². The van der Waals surface area contributed by atoms with Crippen molar-refractivity contribution in [2.45, 2.75) is 13.8 Å². The number of hydrogen-bond donors (Lipinski definition) is 0. The fourth-order valence-electron chi connectivity index (χ4n) is 9.06. The van der Waals surface area contributed by atoms with Crippen molar-refractivity contribution in [2.75, 3.05) is 13.2 Å². The van der Waals surface area contributed by atoms with Crippen molar-refractivity contribution in [3.05, 3.63) is 346 Å². The maximum Gasteiger partial charge on any atom is 1.00 e. The number of ether oxygens (including phenoxy) is 2. The number of benzene rings is 11. The zero-order chi connectivity index (χ0) is 56.9. The van der Waals surface area contributed by atoms with Gasteiger partial charge in [-0.3, -0.25) is 9.59 Å². The molecule has 11 aromatic rings. The zero-order valence-corrected chi connectivity index (χ0v) is 57.2. The van der Waals surface area contributed by atoms with Crippen molar-refractivity contribution in [3.8, 4) is 0 Å². The molecule has 0 saturated carbocycles. The van der Waals surface area contributed by atoms with Crippen LogP contribution < -0.4 is 58.3 Å². The minimum absolute atomic E-state index is 0. The SMILES string of the molecule is CCOC(=O)[CH-][P+]([CH-]C(=O)OCC)(c1ccccc1)c1ccccc1.[Au+].[Au+].[Au].c1ccc(P(c2ccccc2)c2ccccc2)cc1.c1ccc(P(c2ccccc2)c2ccccc2)cc1.c1ccc(P(c2ccccc2)c2ccccc2)cc1. The van der Waals surface area contributed by atoms with Crippen molar-refractivity contribution >= 4 is 101 Å². The molecule has 0 aliphatic rings. The largest absolute Gasteiger partial charge is 1.00 e. The van der Waals surface area contributed by atoms with E-state index in [9.17, 15) is 9.59 Å². The first-order valence-electron chi connectivity index (χ1n) is 27.4. The summed E-state index contributed by atoms with van der Waals surface area (Å²) in [5.74, 6) is -0.881. The van der Waals surface area contributed by atoms with Crippen LogP contribution in [0.4, 0.5) is 0 Å². The molecule has 0 spiro atoms. The Bertz CT molecular complexity index is 2900. The van der Waals surface area contributed by atoms with Crippen LogP contribution >= 0.6 is 31.0 Å². The maximum absolute atomic E-state index is 12.3. The fourth-order valence-corrected chi connectivity index (χ4v) is 19.1. The van der Waals surface area contributed by atoms with E-state index in [-0.39, 0.29) is 80.4 Å². The van der Waals surface area contributed by atoms with E-state index in [0.29, 0.717) is 0 Å². The van der Waals surface area contributed by atoms with Crippen LogP contribution in [-0.2, 0) is 86.2 Å². The summed E-state index contributed by atoms with van der Waals surface area (Å²) in [6.07, 6.45) is 3.08. The van der Waals surface area contributed by atoms with Crippen molar-refractivity contribution in [2.24, 2.45) is 0 Å². The summed E-state index contributed by atoms with van der Waals surface area (Å²) >= 11 is 0. The number of rotatable bonds is 17. The molecule has 439 valence electrons. The smallest absolute Gasteiger partial charge is 0.486 e. The Morgan fingerprint density at radius 3 is 0.565 bits per heavy atom. The van der Waals surface area contributed by atoms with Gasteiger partial charge < -0.3 is 9.47 Å². The molecule has 11 heteroatoms. The van der Waals surface area contributed by atoms with Gasteiger partial charge in [0.25, 0.3) is 0 Å². The van der Waals surface area contributed by atoms with Gasteiger partial charge in [0.15, 0.2) is 0 Å². The van der Waals surface area contributed by atoms with Gasteiger partial charge in [-0.05, 0) is 110 Å². The molecule has 0 aliphatic carbocycles. The van der Waals surface area contributed by atoms with E-state index in [4.69, 9.17) is 9.47 Å². The molecule has 0 atom stereocenters. The third-order valence-electron chi connectivity index (χ3n) is 12.7. The molecule has 0 aliphatic heterocycles. The van der Waals surface area contributed by atoms with Gasteiger partial charge in [-0.15, -0.1) is 19.6 Å². The molecule has 0 saturated heterocycles. The number of carbonyl (C=O) groups is 2. The monoisotopic (exact) mass is 1730 g/mol. The molecular formula is C74H67Au3O4P4+. The van der Waals surface area contributed by atoms with Crippen LogP contribution in [0.15, 0.2) is 334 Å². The number of carbonyl (C=O) groups excluding carboxylic acids is 2. The Morgan fingerprint density at radius 1 is 0.282 bits per heavy atom. The molecule has 0 amide bonds. The third kappa shape index (κ3) is 21.2. The second-order valence-electron chi connectivity index (χ2n) is 18.2. The molecule has 1 radical (unpaired) electrons. The van der Waals surface area contributed by atoms with Crippen LogP contribution in [-0.4, -0.2) is 25.2 Å². The Balaban J connectivity index is 0.000000206. The summed E-state index contributed by atoms with van der Waals surface area (Å²) in [5.41, 5.74) is 0. The normalized spacial score (nSPS) is 10.2. The predicted molar refractivity (Wildman–Crippen MR) is 356 cm³/mol. The van der Waals surface area contributed by atoms with Crippen LogP contribution in [0.2, 0.25) is 0 Å². The standard InChI is InChI=1S/C20H22O4P.3C18H15P.3Au/c1-3-23-19(21)15-25(16-20(22)24-4-2,17-11-7-5-8-12-17)18-13-9-6-10-14-18;3*1-4-10-16(11-5-1)19(17-12-6-2-7-13-17)18-14-8-3-9-15-18;;;/h5-16H,3-4H2,1-2H3;3*1-15H;;;/q-1;;;;;2*+1. The minimum atomic E-state index is -2.57. The van der Waals surface area contributed by atoms with Crippen LogP contribution in [0.1, 0.15) is 13.8 Å². The number of esters is 2.